The van der Waals surface area contributed by atoms with Gasteiger partial charge in [0.25, 0.3) is 11.6 Å². The molecule has 31 heteroatoms. The van der Waals surface area contributed by atoms with E-state index in [4.69, 9.17) is 96.4 Å². The first-order chi connectivity index (χ1) is 38.4. The van der Waals surface area contributed by atoms with Gasteiger partial charge in [-0.3, -0.25) is 19.2 Å². The van der Waals surface area contributed by atoms with Crippen molar-refractivity contribution in [2.75, 3.05) is 34.5 Å². The molecule has 28 nitrogen and oxygen atoms in total. The molecule has 2 saturated heterocycles. The molecule has 0 amide bonds. The van der Waals surface area contributed by atoms with Crippen LogP contribution in [0.2, 0.25) is 15.1 Å². The molecule has 0 unspecified atom stereocenters. The van der Waals surface area contributed by atoms with Crippen LogP contribution in [0.3, 0.4) is 0 Å². The van der Waals surface area contributed by atoms with Gasteiger partial charge in [0.2, 0.25) is 0 Å². The summed E-state index contributed by atoms with van der Waals surface area (Å²) in [4.78, 5) is 128. The van der Waals surface area contributed by atoms with E-state index in [0.717, 1.165) is 49.0 Å². The van der Waals surface area contributed by atoms with Crippen molar-refractivity contribution in [3.05, 3.63) is 125 Å². The summed E-state index contributed by atoms with van der Waals surface area (Å²) in [5.41, 5.74) is 19.5. The fourth-order valence-electron chi connectivity index (χ4n) is 8.45. The molecule has 0 radical (unpaired) electrons. The predicted octanol–water partition coefficient (Wildman–Crippen LogP) is 6.32. The van der Waals surface area contributed by atoms with Crippen LogP contribution in [-0.2, 0) is 90.3 Å². The lowest BCUT2D eigenvalue weighted by Crippen LogP contribution is -2.66. The van der Waals surface area contributed by atoms with Gasteiger partial charge in [0.15, 0.2) is 24.4 Å². The van der Waals surface area contributed by atoms with Crippen LogP contribution in [0.25, 0.3) is 20.9 Å². The van der Waals surface area contributed by atoms with Gasteiger partial charge in [-0.05, 0) is 83.9 Å². The molecule has 2 aliphatic heterocycles. The van der Waals surface area contributed by atoms with Crippen LogP contribution in [-0.4, -0.2) is 161 Å². The fourth-order valence-corrected chi connectivity index (χ4v) is 8.83. The molecule has 3 aromatic rings. The quantitative estimate of drug-likeness (QED) is 0.0329. The van der Waals surface area contributed by atoms with Crippen LogP contribution < -0.4 is 0 Å². The Morgan fingerprint density at radius 1 is 0.543 bits per heavy atom. The second-order valence-corrected chi connectivity index (χ2v) is 18.7. The van der Waals surface area contributed by atoms with E-state index in [1.54, 1.807) is 0 Å². The van der Waals surface area contributed by atoms with Gasteiger partial charge in [0.1, 0.15) is 43.1 Å². The number of azide groups is 2. The highest BCUT2D eigenvalue weighted by atomic mass is 35.5. The largest absolute Gasteiger partial charge is 0.465 e. The second kappa shape index (κ2) is 29.1. The lowest BCUT2D eigenvalue weighted by atomic mass is 9.88. The minimum atomic E-state index is -3.06. The highest BCUT2D eigenvalue weighted by Gasteiger charge is 2.62. The highest BCUT2D eigenvalue weighted by Crippen LogP contribution is 2.42. The van der Waals surface area contributed by atoms with Gasteiger partial charge in [-0.1, -0.05) is 45.0 Å². The third-order valence-corrected chi connectivity index (χ3v) is 12.7. The van der Waals surface area contributed by atoms with E-state index in [2.05, 4.69) is 20.1 Å². The summed E-state index contributed by atoms with van der Waals surface area (Å²) in [6.07, 6.45) is -18.3. The van der Waals surface area contributed by atoms with Crippen molar-refractivity contribution in [1.29, 1.82) is 0 Å². The summed E-state index contributed by atoms with van der Waals surface area (Å²) >= 11 is 18.4. The van der Waals surface area contributed by atoms with E-state index in [-0.39, 0.29) is 31.8 Å². The van der Waals surface area contributed by atoms with E-state index in [1.807, 2.05) is 0 Å². The Labute approximate surface area is 474 Å². The van der Waals surface area contributed by atoms with Crippen molar-refractivity contribution in [2.45, 2.75) is 113 Å². The smallest absolute Gasteiger partial charge is 0.366 e. The van der Waals surface area contributed by atoms with Crippen molar-refractivity contribution in [3.8, 4) is 0 Å². The Hall–Kier alpha value is -7.78. The number of benzene rings is 3. The van der Waals surface area contributed by atoms with Gasteiger partial charge in [0, 0.05) is 59.7 Å². The van der Waals surface area contributed by atoms with Crippen LogP contribution in [0, 0.1) is 0 Å². The van der Waals surface area contributed by atoms with Crippen LogP contribution in [0.5, 0.6) is 0 Å². The normalized spacial score (nSPS) is 23.5. The topological polar surface area (TPSA) is 371 Å². The number of ether oxygens (including phenoxy) is 13. The highest BCUT2D eigenvalue weighted by molar-refractivity contribution is 6.31. The SMILES string of the molecule is COC(=O)[C@@]1(OC)C[C@H](OC(=O)c2ccc(Cl)cc2)[C@@H](N=[N+]=[N-])[C@H]([C@H](OC(=O)c2ccc(Cl)cc2)[C@@H](CO[C@]2(C(=O)OC)C[C@H](OC(C)=O)[C@@H](N=[N+]=[N-])[C@H]([C@H](OC(C)=O)[C@@H](COC(C)=O)OC(C)=O)O2)OC(=O)c2ccc(Cl)cc2)O1. The van der Waals surface area contributed by atoms with Crippen LogP contribution >= 0.6 is 34.8 Å². The minimum Gasteiger partial charge on any atom is -0.465 e. The number of esters is 9. The Morgan fingerprint density at radius 2 is 0.951 bits per heavy atom. The van der Waals surface area contributed by atoms with Gasteiger partial charge in [-0.15, -0.1) is 0 Å². The van der Waals surface area contributed by atoms with E-state index < -0.39 is 152 Å². The zero-order valence-electron chi connectivity index (χ0n) is 43.8. The number of rotatable bonds is 23. The number of nitrogens with zero attached hydrogens (tertiary/aromatic N) is 6. The summed E-state index contributed by atoms with van der Waals surface area (Å²) < 4.78 is 74.8. The summed E-state index contributed by atoms with van der Waals surface area (Å²) in [5.74, 6) is -16.3. The lowest BCUT2D eigenvalue weighted by molar-refractivity contribution is -0.323. The Balaban J connectivity index is 1.81. The van der Waals surface area contributed by atoms with Gasteiger partial charge in [-0.25, -0.2) is 24.0 Å². The van der Waals surface area contributed by atoms with Crippen molar-refractivity contribution in [1.82, 2.24) is 0 Å². The Bertz CT molecular complexity index is 2910. The molecule has 0 N–H and O–H groups in total. The van der Waals surface area contributed by atoms with Crippen molar-refractivity contribution >= 4 is 88.5 Å². The number of methoxy groups -OCH3 is 3. The van der Waals surface area contributed by atoms with Gasteiger partial charge < -0.3 is 61.6 Å². The molecule has 0 bridgehead atoms. The number of halogens is 3. The number of hydrogen-bond donors (Lipinski definition) is 0. The van der Waals surface area contributed by atoms with Crippen LogP contribution in [0.4, 0.5) is 0 Å². The Kier molecular flexibility index (Phi) is 23.0. The average molecular weight is 1190 g/mol. The van der Waals surface area contributed by atoms with Crippen molar-refractivity contribution < 1.29 is 105 Å². The van der Waals surface area contributed by atoms with Crippen molar-refractivity contribution in [2.24, 2.45) is 10.2 Å². The molecular weight excluding hydrogens is 1140 g/mol. The van der Waals surface area contributed by atoms with Crippen molar-refractivity contribution in [3.63, 3.8) is 0 Å². The maximum atomic E-state index is 14.5. The first-order valence-electron chi connectivity index (χ1n) is 23.8. The fraction of sp³-hybridized carbons (Fsp3) is 0.460. The third-order valence-electron chi connectivity index (χ3n) is 12.0. The molecule has 0 saturated carbocycles. The molecule has 2 heterocycles. The molecule has 434 valence electrons. The molecule has 3 aromatic carbocycles. The first kappa shape index (κ1) is 64.0. The maximum absolute atomic E-state index is 14.5. The molecule has 0 aliphatic carbocycles. The maximum Gasteiger partial charge on any atom is 0.366 e. The molecule has 12 atom stereocenters. The van der Waals surface area contributed by atoms with Crippen LogP contribution in [0.15, 0.2) is 83.0 Å². The summed E-state index contributed by atoms with van der Waals surface area (Å²) in [6.45, 7) is 1.57. The van der Waals surface area contributed by atoms with E-state index >= 15 is 0 Å². The summed E-state index contributed by atoms with van der Waals surface area (Å²) in [7, 11) is 2.77. The number of carbonyl (C=O) groups excluding carboxylic acids is 9. The molecule has 2 fully saturated rings. The van der Waals surface area contributed by atoms with Gasteiger partial charge in [0.05, 0.1) is 50.4 Å². The monoisotopic (exact) mass is 1190 g/mol. The molecule has 0 spiro atoms. The summed E-state index contributed by atoms with van der Waals surface area (Å²) in [5, 5.41) is 8.15. The number of carbonyl (C=O) groups is 9. The zero-order valence-corrected chi connectivity index (χ0v) is 46.1. The third kappa shape index (κ3) is 16.7. The van der Waals surface area contributed by atoms with Crippen LogP contribution in [0.1, 0.15) is 71.6 Å². The first-order valence-corrected chi connectivity index (χ1v) is 24.9. The van der Waals surface area contributed by atoms with E-state index in [1.165, 1.54) is 72.8 Å². The molecule has 5 rings (SSSR count). The molecule has 0 aromatic heterocycles. The molecular formula is C50H51Cl3N6O22. The van der Waals surface area contributed by atoms with E-state index in [0.29, 0.717) is 0 Å². The standard InChI is InChI=1S/C50H51Cl3N6O22/c1-24(60)72-22-36(75-26(3)62)40(76-27(4)63)42-38(56-58-54)34(74-25(2)61)21-50(81-42,48(68)70-6)73-23-37(78-45(65)29-10-16-32(52)17-11-29)41(79-46(66)30-12-18-33(53)19-13-30)43-39(57-59-55)35(20-49(71-7,80-43)47(67)69-5)77-44(64)28-8-14-31(51)15-9-28/h8-19,34-43H,20-23H2,1-7H3/t34-,35-,36+,37+,38+,39+,40+,41+,42+,43+,49+,50+/m0/s1. The van der Waals surface area contributed by atoms with Gasteiger partial charge in [-0.2, -0.15) is 0 Å². The lowest BCUT2D eigenvalue weighted by Gasteiger charge is -2.48. The molecule has 2 aliphatic rings. The summed E-state index contributed by atoms with van der Waals surface area (Å²) in [6, 6.07) is 11.6. The minimum absolute atomic E-state index is 0.104. The zero-order chi connectivity index (χ0) is 59.8. The second-order valence-electron chi connectivity index (χ2n) is 17.4. The van der Waals surface area contributed by atoms with Gasteiger partial charge >= 0.3 is 53.7 Å². The average Bonchev–Trinajstić information content (AvgIpc) is 3.63. The number of hydrogen-bond acceptors (Lipinski definition) is 24. The predicted molar refractivity (Wildman–Crippen MR) is 273 cm³/mol. The Morgan fingerprint density at radius 3 is 1.38 bits per heavy atom. The molecule has 81 heavy (non-hydrogen) atoms. The van der Waals surface area contributed by atoms with E-state index in [9.17, 15) is 54.2 Å².